The Kier molecular flexibility index (Phi) is 2.38. The average molecular weight is 180 g/mol. The summed E-state index contributed by atoms with van der Waals surface area (Å²) < 4.78 is 5.19. The molecule has 1 unspecified atom stereocenters. The van der Waals surface area contributed by atoms with Crippen LogP contribution in [0.4, 0.5) is 0 Å². The zero-order valence-electron chi connectivity index (χ0n) is 7.12. The summed E-state index contributed by atoms with van der Waals surface area (Å²) in [6.45, 7) is 0.905. The molecule has 0 spiro atoms. The van der Waals surface area contributed by atoms with Crippen molar-refractivity contribution >= 4 is 11.8 Å². The summed E-state index contributed by atoms with van der Waals surface area (Å²) >= 11 is 1.85. The second-order valence-electron chi connectivity index (χ2n) is 3.00. The van der Waals surface area contributed by atoms with Crippen LogP contribution < -0.4 is 0 Å². The fourth-order valence-electron chi connectivity index (χ4n) is 1.24. The molecule has 0 amide bonds. The van der Waals surface area contributed by atoms with Gasteiger partial charge in [0.2, 0.25) is 0 Å². The Morgan fingerprint density at radius 3 is 2.58 bits per heavy atom. The Balaban J connectivity index is 2.08. The van der Waals surface area contributed by atoms with Gasteiger partial charge >= 0.3 is 0 Å². The maximum absolute atomic E-state index is 5.19. The van der Waals surface area contributed by atoms with Gasteiger partial charge in [-0.15, -0.1) is 0 Å². The first-order chi connectivity index (χ1) is 5.90. The van der Waals surface area contributed by atoms with Gasteiger partial charge in [0.25, 0.3) is 0 Å². The van der Waals surface area contributed by atoms with Crippen LogP contribution in [0.3, 0.4) is 0 Å². The lowest BCUT2D eigenvalue weighted by Crippen LogP contribution is -1.83. The van der Waals surface area contributed by atoms with Gasteiger partial charge in [-0.05, 0) is 17.4 Å². The predicted octanol–water partition coefficient (Wildman–Crippen LogP) is 2.62. The maximum Gasteiger partial charge on any atom is 0.106 e. The molecule has 1 aliphatic heterocycles. The van der Waals surface area contributed by atoms with Crippen LogP contribution in [0, 0.1) is 0 Å². The van der Waals surface area contributed by atoms with Gasteiger partial charge in [-0.3, -0.25) is 0 Å². The summed E-state index contributed by atoms with van der Waals surface area (Å²) in [7, 11) is 0. The zero-order valence-corrected chi connectivity index (χ0v) is 7.93. The summed E-state index contributed by atoms with van der Waals surface area (Å²) in [6.07, 6.45) is 2.52. The van der Waals surface area contributed by atoms with E-state index in [0.29, 0.717) is 6.10 Å². The molecule has 1 nitrogen and oxygen atoms in total. The average Bonchev–Trinajstić information content (AvgIpc) is 2.89. The lowest BCUT2D eigenvalue weighted by Gasteiger charge is -1.99. The molecule has 0 aliphatic carbocycles. The Labute approximate surface area is 77.1 Å². The third-order valence-electron chi connectivity index (χ3n) is 2.00. The molecule has 1 aliphatic rings. The van der Waals surface area contributed by atoms with Gasteiger partial charge < -0.3 is 4.74 Å². The fourth-order valence-corrected chi connectivity index (χ4v) is 1.76. The summed E-state index contributed by atoms with van der Waals surface area (Å²) in [5, 5.41) is 0. The van der Waals surface area contributed by atoms with E-state index < -0.39 is 0 Å². The summed E-state index contributed by atoms with van der Waals surface area (Å²) in [5.41, 5.74) is 2.71. The number of hydrogen-bond donors (Lipinski definition) is 0. The van der Waals surface area contributed by atoms with Gasteiger partial charge in [0.1, 0.15) is 6.10 Å². The Morgan fingerprint density at radius 2 is 2.08 bits per heavy atom. The molecule has 0 N–H and O–H groups in total. The van der Waals surface area contributed by atoms with Crippen molar-refractivity contribution in [2.24, 2.45) is 0 Å². The van der Waals surface area contributed by atoms with E-state index in [1.165, 1.54) is 11.1 Å². The number of hydrogen-bond acceptors (Lipinski definition) is 2. The lowest BCUT2D eigenvalue weighted by molar-refractivity contribution is 0.415. The molecule has 0 bridgehead atoms. The van der Waals surface area contributed by atoms with Crippen LogP contribution >= 0.6 is 11.8 Å². The lowest BCUT2D eigenvalue weighted by atomic mass is 10.1. The molecule has 1 atom stereocenters. The summed E-state index contributed by atoms with van der Waals surface area (Å²) in [6, 6.07) is 8.72. The van der Waals surface area contributed by atoms with E-state index in [0.717, 1.165) is 12.4 Å². The molecule has 0 aromatic heterocycles. The van der Waals surface area contributed by atoms with E-state index in [4.69, 9.17) is 4.74 Å². The first kappa shape index (κ1) is 8.14. The standard InChI is InChI=1S/C10H12OS/c1-12-7-8-2-4-9(5-3-8)10-6-11-10/h2-5,10H,6-7H2,1H3. The van der Waals surface area contributed by atoms with Gasteiger partial charge in [0.15, 0.2) is 0 Å². The Hall–Kier alpha value is -0.470. The van der Waals surface area contributed by atoms with E-state index in [1.807, 2.05) is 11.8 Å². The highest BCUT2D eigenvalue weighted by atomic mass is 32.2. The van der Waals surface area contributed by atoms with Crippen molar-refractivity contribution in [2.75, 3.05) is 12.9 Å². The highest BCUT2D eigenvalue weighted by Gasteiger charge is 2.23. The normalized spacial score (nSPS) is 20.9. The molecule has 1 aromatic carbocycles. The van der Waals surface area contributed by atoms with Crippen molar-refractivity contribution in [2.45, 2.75) is 11.9 Å². The monoisotopic (exact) mass is 180 g/mol. The Bertz CT molecular complexity index is 251. The minimum atomic E-state index is 0.397. The predicted molar refractivity (Wildman–Crippen MR) is 52.4 cm³/mol. The number of ether oxygens (including phenoxy) is 1. The number of epoxide rings is 1. The quantitative estimate of drug-likeness (QED) is 0.663. The Morgan fingerprint density at radius 1 is 1.42 bits per heavy atom. The molecular formula is C10H12OS. The van der Waals surface area contributed by atoms with E-state index in [1.54, 1.807) is 0 Å². The number of thioether (sulfide) groups is 1. The van der Waals surface area contributed by atoms with Crippen molar-refractivity contribution in [3.63, 3.8) is 0 Å². The minimum absolute atomic E-state index is 0.397. The molecule has 1 fully saturated rings. The van der Waals surface area contributed by atoms with Crippen LogP contribution in [0.15, 0.2) is 24.3 Å². The third kappa shape index (κ3) is 1.82. The highest BCUT2D eigenvalue weighted by Crippen LogP contribution is 2.29. The molecule has 64 valence electrons. The van der Waals surface area contributed by atoms with Gasteiger partial charge in [0, 0.05) is 5.75 Å². The first-order valence-electron chi connectivity index (χ1n) is 4.09. The van der Waals surface area contributed by atoms with Crippen molar-refractivity contribution < 1.29 is 4.74 Å². The molecule has 1 aromatic rings. The topological polar surface area (TPSA) is 12.5 Å². The van der Waals surface area contributed by atoms with Crippen LogP contribution in [-0.4, -0.2) is 12.9 Å². The van der Waals surface area contributed by atoms with Crippen LogP contribution in [-0.2, 0) is 10.5 Å². The molecule has 2 rings (SSSR count). The second kappa shape index (κ2) is 3.50. The van der Waals surface area contributed by atoms with Gasteiger partial charge in [0.05, 0.1) is 6.61 Å². The molecule has 0 radical (unpaired) electrons. The largest absolute Gasteiger partial charge is 0.368 e. The van der Waals surface area contributed by atoms with E-state index >= 15 is 0 Å². The first-order valence-corrected chi connectivity index (χ1v) is 5.49. The van der Waals surface area contributed by atoms with Crippen LogP contribution in [0.25, 0.3) is 0 Å². The van der Waals surface area contributed by atoms with Gasteiger partial charge in [-0.1, -0.05) is 24.3 Å². The van der Waals surface area contributed by atoms with E-state index in [9.17, 15) is 0 Å². The van der Waals surface area contributed by atoms with Crippen LogP contribution in [0.1, 0.15) is 17.2 Å². The van der Waals surface area contributed by atoms with Gasteiger partial charge in [-0.2, -0.15) is 11.8 Å². The van der Waals surface area contributed by atoms with Crippen molar-refractivity contribution in [1.82, 2.24) is 0 Å². The molecule has 2 heteroatoms. The zero-order chi connectivity index (χ0) is 8.39. The van der Waals surface area contributed by atoms with E-state index in [2.05, 4.69) is 30.5 Å². The van der Waals surface area contributed by atoms with Gasteiger partial charge in [-0.25, -0.2) is 0 Å². The second-order valence-corrected chi connectivity index (χ2v) is 3.86. The van der Waals surface area contributed by atoms with Crippen molar-refractivity contribution in [3.8, 4) is 0 Å². The maximum atomic E-state index is 5.19. The highest BCUT2D eigenvalue weighted by molar-refractivity contribution is 7.97. The minimum Gasteiger partial charge on any atom is -0.368 e. The molecular weight excluding hydrogens is 168 g/mol. The SMILES string of the molecule is CSCc1ccc(C2CO2)cc1. The van der Waals surface area contributed by atoms with Crippen LogP contribution in [0.5, 0.6) is 0 Å². The smallest absolute Gasteiger partial charge is 0.106 e. The summed E-state index contributed by atoms with van der Waals surface area (Å²) in [4.78, 5) is 0. The molecule has 12 heavy (non-hydrogen) atoms. The van der Waals surface area contributed by atoms with Crippen LogP contribution in [0.2, 0.25) is 0 Å². The number of rotatable bonds is 3. The molecule has 1 heterocycles. The fraction of sp³-hybridized carbons (Fsp3) is 0.400. The van der Waals surface area contributed by atoms with Crippen molar-refractivity contribution in [3.05, 3.63) is 35.4 Å². The third-order valence-corrected chi connectivity index (χ3v) is 2.62. The molecule has 0 saturated carbocycles. The van der Waals surface area contributed by atoms with Crippen molar-refractivity contribution in [1.29, 1.82) is 0 Å². The number of benzene rings is 1. The molecule has 1 saturated heterocycles. The summed E-state index contributed by atoms with van der Waals surface area (Å²) in [5.74, 6) is 1.10. The van der Waals surface area contributed by atoms with E-state index in [-0.39, 0.29) is 0 Å².